The average molecular weight is 362 g/mol. The maximum absolute atomic E-state index is 10.7. The monoisotopic (exact) mass is 361 g/mol. The number of aliphatic imine (C=N–C) groups is 1. The summed E-state index contributed by atoms with van der Waals surface area (Å²) in [6, 6.07) is 10.7. The fraction of sp³-hybridized carbons (Fsp3) is 0.667. The highest BCUT2D eigenvalue weighted by Crippen LogP contribution is 2.32. The maximum Gasteiger partial charge on any atom is 0.191 e. The van der Waals surface area contributed by atoms with Gasteiger partial charge in [-0.1, -0.05) is 44.2 Å². The van der Waals surface area contributed by atoms with Gasteiger partial charge < -0.3 is 20.5 Å². The van der Waals surface area contributed by atoms with Gasteiger partial charge in [-0.2, -0.15) is 0 Å². The SMILES string of the molecule is CCNC(=NCC(CC)(CC)c1ccccc1)NCC1(O)CCOCC1. The lowest BCUT2D eigenvalue weighted by Gasteiger charge is -2.33. The average Bonchev–Trinajstić information content (AvgIpc) is 2.68. The first-order chi connectivity index (χ1) is 12.6. The van der Waals surface area contributed by atoms with Crippen molar-refractivity contribution in [2.75, 3.05) is 32.8 Å². The molecule has 26 heavy (non-hydrogen) atoms. The summed E-state index contributed by atoms with van der Waals surface area (Å²) in [4.78, 5) is 4.87. The Morgan fingerprint density at radius 3 is 2.35 bits per heavy atom. The lowest BCUT2D eigenvalue weighted by Crippen LogP contribution is -2.50. The molecule has 1 fully saturated rings. The molecule has 146 valence electrons. The molecule has 0 atom stereocenters. The Morgan fingerprint density at radius 1 is 1.12 bits per heavy atom. The highest BCUT2D eigenvalue weighted by molar-refractivity contribution is 5.79. The van der Waals surface area contributed by atoms with E-state index in [1.54, 1.807) is 0 Å². The Morgan fingerprint density at radius 2 is 1.77 bits per heavy atom. The van der Waals surface area contributed by atoms with E-state index in [0.717, 1.165) is 31.9 Å². The largest absolute Gasteiger partial charge is 0.388 e. The molecule has 1 aliphatic rings. The molecule has 1 saturated heterocycles. The zero-order valence-electron chi connectivity index (χ0n) is 16.6. The van der Waals surface area contributed by atoms with E-state index < -0.39 is 5.60 Å². The van der Waals surface area contributed by atoms with Gasteiger partial charge in [-0.15, -0.1) is 0 Å². The lowest BCUT2D eigenvalue weighted by molar-refractivity contribution is -0.0594. The molecule has 1 aromatic rings. The van der Waals surface area contributed by atoms with Crippen molar-refractivity contribution in [2.45, 2.75) is 57.5 Å². The second-order valence-corrected chi connectivity index (χ2v) is 7.24. The Hall–Kier alpha value is -1.59. The van der Waals surface area contributed by atoms with Crippen LogP contribution in [0.2, 0.25) is 0 Å². The van der Waals surface area contributed by atoms with Crippen molar-refractivity contribution in [1.82, 2.24) is 10.6 Å². The first kappa shape index (κ1) is 20.7. The van der Waals surface area contributed by atoms with Crippen LogP contribution in [0, 0.1) is 0 Å². The predicted octanol–water partition coefficient (Wildman–Crippen LogP) is 2.84. The summed E-state index contributed by atoms with van der Waals surface area (Å²) in [5.41, 5.74) is 0.673. The van der Waals surface area contributed by atoms with Crippen LogP contribution in [-0.2, 0) is 10.2 Å². The van der Waals surface area contributed by atoms with Gasteiger partial charge in [-0.3, -0.25) is 4.99 Å². The molecule has 1 aromatic carbocycles. The summed E-state index contributed by atoms with van der Waals surface area (Å²) in [6.45, 7) is 9.78. The minimum Gasteiger partial charge on any atom is -0.388 e. The zero-order valence-corrected chi connectivity index (χ0v) is 16.6. The van der Waals surface area contributed by atoms with E-state index in [9.17, 15) is 5.11 Å². The highest BCUT2D eigenvalue weighted by atomic mass is 16.5. The van der Waals surface area contributed by atoms with Gasteiger partial charge in [0.15, 0.2) is 5.96 Å². The third-order valence-electron chi connectivity index (χ3n) is 5.63. The normalized spacial score (nSPS) is 17.8. The quantitative estimate of drug-likeness (QED) is 0.492. The van der Waals surface area contributed by atoms with Crippen LogP contribution >= 0.6 is 0 Å². The smallest absolute Gasteiger partial charge is 0.191 e. The summed E-state index contributed by atoms with van der Waals surface area (Å²) in [6.07, 6.45) is 3.41. The molecular weight excluding hydrogens is 326 g/mol. The number of ether oxygens (including phenoxy) is 1. The van der Waals surface area contributed by atoms with Crippen LogP contribution in [0.15, 0.2) is 35.3 Å². The Kier molecular flexibility index (Phi) is 7.91. The van der Waals surface area contributed by atoms with Gasteiger partial charge in [-0.25, -0.2) is 0 Å². The first-order valence-electron chi connectivity index (χ1n) is 9.95. The number of nitrogens with zero attached hydrogens (tertiary/aromatic N) is 1. The van der Waals surface area contributed by atoms with E-state index in [0.29, 0.717) is 32.6 Å². The summed E-state index contributed by atoms with van der Waals surface area (Å²) in [5.74, 6) is 0.773. The summed E-state index contributed by atoms with van der Waals surface area (Å²) in [5, 5.41) is 17.3. The fourth-order valence-electron chi connectivity index (χ4n) is 3.51. The molecule has 3 N–H and O–H groups in total. The number of nitrogens with one attached hydrogen (secondary N) is 2. The molecule has 0 aliphatic carbocycles. The van der Waals surface area contributed by atoms with Crippen molar-refractivity contribution in [3.63, 3.8) is 0 Å². The molecule has 0 radical (unpaired) electrons. The minimum atomic E-state index is -0.708. The molecule has 2 rings (SSSR count). The van der Waals surface area contributed by atoms with Gasteiger partial charge in [0.05, 0.1) is 12.1 Å². The van der Waals surface area contributed by atoms with Crippen molar-refractivity contribution >= 4 is 5.96 Å². The van der Waals surface area contributed by atoms with Crippen molar-refractivity contribution in [3.8, 4) is 0 Å². The van der Waals surface area contributed by atoms with E-state index in [-0.39, 0.29) is 5.41 Å². The highest BCUT2D eigenvalue weighted by Gasteiger charge is 2.31. The van der Waals surface area contributed by atoms with Gasteiger partial charge in [-0.05, 0) is 25.3 Å². The van der Waals surface area contributed by atoms with E-state index in [2.05, 4.69) is 61.7 Å². The van der Waals surface area contributed by atoms with Crippen molar-refractivity contribution in [2.24, 2.45) is 4.99 Å². The molecule has 5 nitrogen and oxygen atoms in total. The summed E-state index contributed by atoms with van der Waals surface area (Å²) >= 11 is 0. The van der Waals surface area contributed by atoms with Crippen molar-refractivity contribution in [1.29, 1.82) is 0 Å². The molecule has 1 heterocycles. The van der Waals surface area contributed by atoms with Crippen LogP contribution in [-0.4, -0.2) is 49.5 Å². The van der Waals surface area contributed by atoms with Crippen LogP contribution < -0.4 is 10.6 Å². The molecule has 0 saturated carbocycles. The standard InChI is InChI=1S/C21H35N3O2/c1-4-20(5-2,18-10-8-7-9-11-18)16-23-19(22-6-3)24-17-21(25)12-14-26-15-13-21/h7-11,25H,4-6,12-17H2,1-3H3,(H2,22,23,24). The van der Waals surface area contributed by atoms with Crippen molar-refractivity contribution in [3.05, 3.63) is 35.9 Å². The molecule has 0 bridgehead atoms. The van der Waals surface area contributed by atoms with Crippen LogP contribution in [0.25, 0.3) is 0 Å². The van der Waals surface area contributed by atoms with Crippen LogP contribution in [0.1, 0.15) is 52.0 Å². The fourth-order valence-corrected chi connectivity index (χ4v) is 3.51. The number of benzene rings is 1. The second kappa shape index (κ2) is 9.93. The number of rotatable bonds is 8. The summed E-state index contributed by atoms with van der Waals surface area (Å²) < 4.78 is 5.36. The van der Waals surface area contributed by atoms with Gasteiger partial charge in [0.1, 0.15) is 0 Å². The topological polar surface area (TPSA) is 65.9 Å². The van der Waals surface area contributed by atoms with Crippen LogP contribution in [0.4, 0.5) is 0 Å². The Bertz CT molecular complexity index is 550. The molecular formula is C21H35N3O2. The molecule has 5 heteroatoms. The number of guanidine groups is 1. The predicted molar refractivity (Wildman–Crippen MR) is 108 cm³/mol. The molecule has 0 aromatic heterocycles. The first-order valence-corrected chi connectivity index (χ1v) is 9.95. The van der Waals surface area contributed by atoms with E-state index in [1.807, 2.05) is 0 Å². The van der Waals surface area contributed by atoms with E-state index in [1.165, 1.54) is 5.56 Å². The number of hydrogen-bond donors (Lipinski definition) is 3. The third-order valence-corrected chi connectivity index (χ3v) is 5.63. The van der Waals surface area contributed by atoms with Gasteiger partial charge in [0.2, 0.25) is 0 Å². The van der Waals surface area contributed by atoms with Gasteiger partial charge in [0.25, 0.3) is 0 Å². The number of hydrogen-bond acceptors (Lipinski definition) is 3. The molecule has 1 aliphatic heterocycles. The molecule has 0 unspecified atom stereocenters. The van der Waals surface area contributed by atoms with Crippen LogP contribution in [0.5, 0.6) is 0 Å². The lowest BCUT2D eigenvalue weighted by atomic mass is 9.76. The third kappa shape index (κ3) is 5.45. The maximum atomic E-state index is 10.7. The van der Waals surface area contributed by atoms with Gasteiger partial charge >= 0.3 is 0 Å². The van der Waals surface area contributed by atoms with E-state index in [4.69, 9.17) is 9.73 Å². The zero-order chi connectivity index (χ0) is 18.9. The minimum absolute atomic E-state index is 0.0409. The Labute approximate surface area is 158 Å². The van der Waals surface area contributed by atoms with E-state index >= 15 is 0 Å². The van der Waals surface area contributed by atoms with Gasteiger partial charge in [0, 0.05) is 44.6 Å². The summed E-state index contributed by atoms with van der Waals surface area (Å²) in [7, 11) is 0. The van der Waals surface area contributed by atoms with Crippen LogP contribution in [0.3, 0.4) is 0 Å². The van der Waals surface area contributed by atoms with Crippen molar-refractivity contribution < 1.29 is 9.84 Å². The Balaban J connectivity index is 2.08. The second-order valence-electron chi connectivity index (χ2n) is 7.24. The number of aliphatic hydroxyl groups is 1. The molecule has 0 spiro atoms. The molecule has 0 amide bonds.